The quantitative estimate of drug-likeness (QED) is 0.853. The summed E-state index contributed by atoms with van der Waals surface area (Å²) in [6.45, 7) is 3.45. The lowest BCUT2D eigenvalue weighted by molar-refractivity contribution is 0.0860. The lowest BCUT2D eigenvalue weighted by Crippen LogP contribution is -2.46. The molecule has 2 amide bonds. The van der Waals surface area contributed by atoms with Crippen LogP contribution in [0.5, 0.6) is 0 Å². The topological polar surface area (TPSA) is 50.4 Å². The van der Waals surface area contributed by atoms with Gasteiger partial charge in [-0.15, -0.1) is 0 Å². The number of urea groups is 1. The average Bonchev–Trinajstić information content (AvgIpc) is 2.94. The van der Waals surface area contributed by atoms with E-state index >= 15 is 0 Å². The number of nitrogens with one attached hydrogen (secondary N) is 2. The van der Waals surface area contributed by atoms with Crippen molar-refractivity contribution in [2.24, 2.45) is 0 Å². The van der Waals surface area contributed by atoms with Crippen molar-refractivity contribution >= 4 is 6.03 Å². The van der Waals surface area contributed by atoms with E-state index in [1.54, 1.807) is 0 Å². The molecule has 2 N–H and O–H groups in total. The van der Waals surface area contributed by atoms with Crippen molar-refractivity contribution in [1.29, 1.82) is 0 Å². The molecular formula is C15H22N2O2. The van der Waals surface area contributed by atoms with E-state index in [9.17, 15) is 4.79 Å². The fourth-order valence-electron chi connectivity index (χ4n) is 2.31. The van der Waals surface area contributed by atoms with Gasteiger partial charge in [0.2, 0.25) is 0 Å². The molecule has 1 aliphatic rings. The zero-order valence-electron chi connectivity index (χ0n) is 11.4. The molecule has 0 bridgehead atoms. The highest BCUT2D eigenvalue weighted by molar-refractivity contribution is 5.74. The second-order valence-electron chi connectivity index (χ2n) is 4.98. The van der Waals surface area contributed by atoms with Gasteiger partial charge in [-0.2, -0.15) is 0 Å². The van der Waals surface area contributed by atoms with Crippen molar-refractivity contribution in [2.75, 3.05) is 13.2 Å². The van der Waals surface area contributed by atoms with Gasteiger partial charge in [-0.3, -0.25) is 0 Å². The minimum Gasteiger partial charge on any atom is -0.376 e. The van der Waals surface area contributed by atoms with Gasteiger partial charge in [-0.1, -0.05) is 30.3 Å². The van der Waals surface area contributed by atoms with E-state index in [0.29, 0.717) is 6.54 Å². The van der Waals surface area contributed by atoms with E-state index in [0.717, 1.165) is 25.9 Å². The lowest BCUT2D eigenvalue weighted by atomic mass is 10.1. The minimum absolute atomic E-state index is 0.0687. The van der Waals surface area contributed by atoms with E-state index in [2.05, 4.69) is 22.8 Å². The first kappa shape index (κ1) is 13.9. The van der Waals surface area contributed by atoms with Crippen LogP contribution in [0.25, 0.3) is 0 Å². The van der Waals surface area contributed by atoms with E-state index in [4.69, 9.17) is 4.74 Å². The smallest absolute Gasteiger partial charge is 0.315 e. The molecule has 4 nitrogen and oxygen atoms in total. The molecule has 1 fully saturated rings. The highest BCUT2D eigenvalue weighted by Crippen LogP contribution is 2.15. The summed E-state index contributed by atoms with van der Waals surface area (Å²) < 4.78 is 5.55. The molecule has 0 aliphatic carbocycles. The van der Waals surface area contributed by atoms with Crippen molar-refractivity contribution in [3.05, 3.63) is 35.9 Å². The molecule has 1 heterocycles. The molecular weight excluding hydrogens is 240 g/mol. The number of carbonyl (C=O) groups is 1. The maximum Gasteiger partial charge on any atom is 0.315 e. The fourth-order valence-corrected chi connectivity index (χ4v) is 2.31. The molecule has 1 aliphatic heterocycles. The second kappa shape index (κ2) is 7.14. The number of rotatable bonds is 5. The van der Waals surface area contributed by atoms with Crippen LogP contribution in [0.2, 0.25) is 0 Å². The molecule has 1 saturated heterocycles. The van der Waals surface area contributed by atoms with Crippen LogP contribution in [-0.2, 0) is 11.2 Å². The average molecular weight is 262 g/mol. The summed E-state index contributed by atoms with van der Waals surface area (Å²) in [4.78, 5) is 11.7. The zero-order valence-corrected chi connectivity index (χ0v) is 11.4. The van der Waals surface area contributed by atoms with E-state index in [1.165, 1.54) is 5.56 Å². The van der Waals surface area contributed by atoms with Gasteiger partial charge in [-0.25, -0.2) is 4.79 Å². The normalized spacial score (nSPS) is 19.9. The summed E-state index contributed by atoms with van der Waals surface area (Å²) in [6, 6.07) is 10.1. The van der Waals surface area contributed by atoms with Crippen LogP contribution in [0.1, 0.15) is 25.3 Å². The standard InChI is InChI=1S/C15H22N2O2/c1-12(14-8-5-11-19-14)17-15(18)16-10-9-13-6-3-2-4-7-13/h2-4,6-7,12,14H,5,8-11H2,1H3,(H2,16,17,18). The summed E-state index contributed by atoms with van der Waals surface area (Å²) >= 11 is 0. The summed E-state index contributed by atoms with van der Waals surface area (Å²) in [6.07, 6.45) is 3.14. The first-order chi connectivity index (χ1) is 9.25. The number of benzene rings is 1. The highest BCUT2D eigenvalue weighted by Gasteiger charge is 2.23. The Morgan fingerprint density at radius 3 is 2.89 bits per heavy atom. The minimum atomic E-state index is -0.112. The SMILES string of the molecule is CC(NC(=O)NCCc1ccccc1)C1CCCO1. The van der Waals surface area contributed by atoms with E-state index in [-0.39, 0.29) is 18.2 Å². The first-order valence-electron chi connectivity index (χ1n) is 6.95. The largest absolute Gasteiger partial charge is 0.376 e. The van der Waals surface area contributed by atoms with Gasteiger partial charge in [0.25, 0.3) is 0 Å². The molecule has 2 rings (SSSR count). The van der Waals surface area contributed by atoms with Gasteiger partial charge >= 0.3 is 6.03 Å². The molecule has 1 aromatic rings. The second-order valence-corrected chi connectivity index (χ2v) is 4.98. The highest BCUT2D eigenvalue weighted by atomic mass is 16.5. The number of ether oxygens (including phenoxy) is 1. The van der Waals surface area contributed by atoms with Crippen LogP contribution in [-0.4, -0.2) is 31.3 Å². The number of amides is 2. The number of hydrogen-bond donors (Lipinski definition) is 2. The molecule has 0 radical (unpaired) electrons. The number of carbonyl (C=O) groups excluding carboxylic acids is 1. The van der Waals surface area contributed by atoms with Gasteiger partial charge in [0.1, 0.15) is 0 Å². The third-order valence-electron chi connectivity index (χ3n) is 3.42. The third kappa shape index (κ3) is 4.56. The van der Waals surface area contributed by atoms with Crippen LogP contribution in [0.4, 0.5) is 4.79 Å². The molecule has 104 valence electrons. The Morgan fingerprint density at radius 2 is 2.21 bits per heavy atom. The van der Waals surface area contributed by atoms with Gasteiger partial charge in [0.05, 0.1) is 12.1 Å². The molecule has 0 aromatic heterocycles. The Hall–Kier alpha value is -1.55. The molecule has 4 heteroatoms. The van der Waals surface area contributed by atoms with Crippen molar-refractivity contribution in [2.45, 2.75) is 38.3 Å². The molecule has 19 heavy (non-hydrogen) atoms. The predicted molar refractivity (Wildman–Crippen MR) is 75.1 cm³/mol. The van der Waals surface area contributed by atoms with Crippen LogP contribution in [0, 0.1) is 0 Å². The lowest BCUT2D eigenvalue weighted by Gasteiger charge is -2.20. The van der Waals surface area contributed by atoms with Crippen LogP contribution in [0.3, 0.4) is 0 Å². The van der Waals surface area contributed by atoms with Gasteiger partial charge in [-0.05, 0) is 31.7 Å². The van der Waals surface area contributed by atoms with Crippen molar-refractivity contribution in [3.8, 4) is 0 Å². The van der Waals surface area contributed by atoms with E-state index < -0.39 is 0 Å². The summed E-state index contributed by atoms with van der Waals surface area (Å²) in [7, 11) is 0. The number of hydrogen-bond acceptors (Lipinski definition) is 2. The Morgan fingerprint density at radius 1 is 1.42 bits per heavy atom. The Labute approximate surface area is 114 Å². The van der Waals surface area contributed by atoms with Crippen LogP contribution in [0.15, 0.2) is 30.3 Å². The Bertz CT molecular complexity index is 388. The predicted octanol–water partition coefficient (Wildman–Crippen LogP) is 2.10. The van der Waals surface area contributed by atoms with Gasteiger partial charge in [0.15, 0.2) is 0 Å². The molecule has 1 aromatic carbocycles. The Balaban J connectivity index is 1.64. The maximum atomic E-state index is 11.7. The maximum absolute atomic E-state index is 11.7. The van der Waals surface area contributed by atoms with Crippen molar-refractivity contribution in [1.82, 2.24) is 10.6 Å². The summed E-state index contributed by atoms with van der Waals surface area (Å²) in [5.41, 5.74) is 1.23. The van der Waals surface area contributed by atoms with Crippen LogP contribution >= 0.6 is 0 Å². The third-order valence-corrected chi connectivity index (χ3v) is 3.42. The Kier molecular flexibility index (Phi) is 5.21. The van der Waals surface area contributed by atoms with Crippen LogP contribution < -0.4 is 10.6 Å². The van der Waals surface area contributed by atoms with Crippen molar-refractivity contribution < 1.29 is 9.53 Å². The molecule has 0 saturated carbocycles. The summed E-state index contributed by atoms with van der Waals surface area (Å²) in [5.74, 6) is 0. The first-order valence-corrected chi connectivity index (χ1v) is 6.95. The van der Waals surface area contributed by atoms with E-state index in [1.807, 2.05) is 25.1 Å². The van der Waals surface area contributed by atoms with Crippen molar-refractivity contribution in [3.63, 3.8) is 0 Å². The van der Waals surface area contributed by atoms with Gasteiger partial charge < -0.3 is 15.4 Å². The zero-order chi connectivity index (χ0) is 13.5. The monoisotopic (exact) mass is 262 g/mol. The van der Waals surface area contributed by atoms with Gasteiger partial charge in [0, 0.05) is 13.2 Å². The molecule has 2 unspecified atom stereocenters. The molecule has 2 atom stereocenters. The summed E-state index contributed by atoms with van der Waals surface area (Å²) in [5, 5.41) is 5.81. The molecule has 0 spiro atoms. The fraction of sp³-hybridized carbons (Fsp3) is 0.533.